The van der Waals surface area contributed by atoms with Crippen LogP contribution in [0.25, 0.3) is 0 Å². The van der Waals surface area contributed by atoms with E-state index in [0.29, 0.717) is 18.2 Å². The van der Waals surface area contributed by atoms with E-state index >= 15 is 0 Å². The van der Waals surface area contributed by atoms with Crippen molar-refractivity contribution in [3.05, 3.63) is 0 Å². The molecule has 1 aliphatic carbocycles. The molecule has 0 aromatic carbocycles. The predicted molar refractivity (Wildman–Crippen MR) is 63.7 cm³/mol. The van der Waals surface area contributed by atoms with Crippen LogP contribution in [-0.2, 0) is 9.47 Å². The van der Waals surface area contributed by atoms with Crippen LogP contribution in [0.5, 0.6) is 0 Å². The zero-order valence-corrected chi connectivity index (χ0v) is 10.2. The van der Waals surface area contributed by atoms with Crippen molar-refractivity contribution in [1.29, 1.82) is 0 Å². The minimum Gasteiger partial charge on any atom is -0.381 e. The quantitative estimate of drug-likeness (QED) is 0.651. The Hall–Kier alpha value is -0.160. The highest BCUT2D eigenvalue weighted by atomic mass is 16.5. The third-order valence-corrected chi connectivity index (χ3v) is 3.60. The summed E-state index contributed by atoms with van der Waals surface area (Å²) in [4.78, 5) is 0. The Morgan fingerprint density at radius 2 is 1.94 bits per heavy atom. The molecule has 0 aromatic rings. The van der Waals surface area contributed by atoms with E-state index in [1.807, 2.05) is 0 Å². The van der Waals surface area contributed by atoms with Gasteiger partial charge in [0.1, 0.15) is 0 Å². The van der Waals surface area contributed by atoms with Crippen molar-refractivity contribution in [2.75, 3.05) is 33.4 Å². The molecule has 2 rings (SSSR count). The molecule has 0 bridgehead atoms. The van der Waals surface area contributed by atoms with Gasteiger partial charge in [-0.2, -0.15) is 0 Å². The maximum absolute atomic E-state index is 5.82. The van der Waals surface area contributed by atoms with Gasteiger partial charge in [0.25, 0.3) is 0 Å². The molecule has 0 unspecified atom stereocenters. The van der Waals surface area contributed by atoms with Crippen molar-refractivity contribution in [3.8, 4) is 0 Å². The molecule has 0 radical (unpaired) electrons. The fourth-order valence-corrected chi connectivity index (χ4v) is 2.38. The molecule has 0 atom stereocenters. The standard InChI is InChI=1S/C12H24N2O2/c1-15-12-8-10(9-12)14-6-7-16-11-2-4-13-5-3-11/h10-14H,2-9H2,1H3. The van der Waals surface area contributed by atoms with Crippen molar-refractivity contribution in [2.24, 2.45) is 0 Å². The number of rotatable bonds is 6. The van der Waals surface area contributed by atoms with Crippen LogP contribution in [0.1, 0.15) is 25.7 Å². The van der Waals surface area contributed by atoms with E-state index in [4.69, 9.17) is 9.47 Å². The number of hydrogen-bond donors (Lipinski definition) is 2. The van der Waals surface area contributed by atoms with Crippen molar-refractivity contribution >= 4 is 0 Å². The molecule has 0 spiro atoms. The molecular formula is C12H24N2O2. The van der Waals surface area contributed by atoms with Gasteiger partial charge < -0.3 is 20.1 Å². The zero-order chi connectivity index (χ0) is 11.2. The number of hydrogen-bond acceptors (Lipinski definition) is 4. The lowest BCUT2D eigenvalue weighted by Gasteiger charge is -2.35. The summed E-state index contributed by atoms with van der Waals surface area (Å²) in [7, 11) is 1.79. The van der Waals surface area contributed by atoms with Crippen LogP contribution in [0, 0.1) is 0 Å². The maximum Gasteiger partial charge on any atom is 0.0601 e. The Bertz CT molecular complexity index is 189. The highest BCUT2D eigenvalue weighted by Gasteiger charge is 2.28. The second-order valence-electron chi connectivity index (χ2n) is 4.80. The number of methoxy groups -OCH3 is 1. The Kier molecular flexibility index (Phi) is 5.03. The largest absolute Gasteiger partial charge is 0.381 e. The first kappa shape index (κ1) is 12.3. The van der Waals surface area contributed by atoms with E-state index in [1.54, 1.807) is 7.11 Å². The fourth-order valence-electron chi connectivity index (χ4n) is 2.38. The highest BCUT2D eigenvalue weighted by molar-refractivity contribution is 4.85. The zero-order valence-electron chi connectivity index (χ0n) is 10.2. The number of ether oxygens (including phenoxy) is 2. The van der Waals surface area contributed by atoms with Gasteiger partial charge in [0.2, 0.25) is 0 Å². The summed E-state index contributed by atoms with van der Waals surface area (Å²) in [5.74, 6) is 0. The Morgan fingerprint density at radius 1 is 1.19 bits per heavy atom. The lowest BCUT2D eigenvalue weighted by atomic mass is 9.89. The average molecular weight is 228 g/mol. The molecule has 1 saturated carbocycles. The molecule has 0 aromatic heterocycles. The van der Waals surface area contributed by atoms with E-state index in [1.165, 1.54) is 0 Å². The monoisotopic (exact) mass is 228 g/mol. The van der Waals surface area contributed by atoms with E-state index in [-0.39, 0.29) is 0 Å². The number of nitrogens with one attached hydrogen (secondary N) is 2. The molecule has 4 nitrogen and oxygen atoms in total. The van der Waals surface area contributed by atoms with Gasteiger partial charge in [-0.15, -0.1) is 0 Å². The van der Waals surface area contributed by atoms with Crippen molar-refractivity contribution < 1.29 is 9.47 Å². The van der Waals surface area contributed by atoms with Crippen molar-refractivity contribution in [1.82, 2.24) is 10.6 Å². The summed E-state index contributed by atoms with van der Waals surface area (Å²) in [5.41, 5.74) is 0. The first-order valence-electron chi connectivity index (χ1n) is 6.47. The summed E-state index contributed by atoms with van der Waals surface area (Å²) in [6, 6.07) is 0.654. The predicted octanol–water partition coefficient (Wildman–Crippen LogP) is 0.522. The molecule has 1 saturated heterocycles. The van der Waals surface area contributed by atoms with Crippen LogP contribution < -0.4 is 10.6 Å². The van der Waals surface area contributed by atoms with Crippen LogP contribution >= 0.6 is 0 Å². The molecule has 1 aliphatic heterocycles. The summed E-state index contributed by atoms with van der Waals surface area (Å²) in [6.07, 6.45) is 5.61. The Labute approximate surface area is 98.1 Å². The smallest absolute Gasteiger partial charge is 0.0601 e. The topological polar surface area (TPSA) is 42.5 Å². The second kappa shape index (κ2) is 6.55. The summed E-state index contributed by atoms with van der Waals surface area (Å²) >= 11 is 0. The third kappa shape index (κ3) is 3.70. The molecule has 1 heterocycles. The average Bonchev–Trinajstić information content (AvgIpc) is 2.28. The van der Waals surface area contributed by atoms with Gasteiger partial charge in [0.05, 0.1) is 18.8 Å². The Morgan fingerprint density at radius 3 is 2.62 bits per heavy atom. The van der Waals surface area contributed by atoms with Gasteiger partial charge in [-0.3, -0.25) is 0 Å². The van der Waals surface area contributed by atoms with E-state index in [2.05, 4.69) is 10.6 Å². The first-order valence-corrected chi connectivity index (χ1v) is 6.47. The van der Waals surface area contributed by atoms with E-state index in [0.717, 1.165) is 51.9 Å². The minimum atomic E-state index is 0.483. The summed E-state index contributed by atoms with van der Waals surface area (Å²) in [6.45, 7) is 4.04. The molecule has 16 heavy (non-hydrogen) atoms. The summed E-state index contributed by atoms with van der Waals surface area (Å²) in [5, 5.41) is 6.85. The maximum atomic E-state index is 5.82. The lowest BCUT2D eigenvalue weighted by Crippen LogP contribution is -2.46. The lowest BCUT2D eigenvalue weighted by molar-refractivity contribution is 0.00679. The SMILES string of the molecule is COC1CC(NCCOC2CCNCC2)C1. The van der Waals surface area contributed by atoms with E-state index in [9.17, 15) is 0 Å². The molecule has 4 heteroatoms. The summed E-state index contributed by atoms with van der Waals surface area (Å²) < 4.78 is 11.1. The third-order valence-electron chi connectivity index (χ3n) is 3.60. The van der Waals surface area contributed by atoms with Gasteiger partial charge in [-0.1, -0.05) is 0 Å². The van der Waals surface area contributed by atoms with Gasteiger partial charge in [-0.25, -0.2) is 0 Å². The highest BCUT2D eigenvalue weighted by Crippen LogP contribution is 2.22. The molecule has 0 amide bonds. The van der Waals surface area contributed by atoms with Crippen LogP contribution in [0.2, 0.25) is 0 Å². The van der Waals surface area contributed by atoms with Gasteiger partial charge >= 0.3 is 0 Å². The molecule has 2 aliphatic rings. The van der Waals surface area contributed by atoms with Crippen molar-refractivity contribution in [3.63, 3.8) is 0 Å². The van der Waals surface area contributed by atoms with Gasteiger partial charge in [-0.05, 0) is 38.8 Å². The second-order valence-corrected chi connectivity index (χ2v) is 4.80. The molecule has 2 fully saturated rings. The fraction of sp³-hybridized carbons (Fsp3) is 1.00. The molecule has 94 valence electrons. The van der Waals surface area contributed by atoms with Crippen LogP contribution in [-0.4, -0.2) is 51.6 Å². The Balaban J connectivity index is 1.43. The van der Waals surface area contributed by atoms with Gasteiger partial charge in [0, 0.05) is 19.7 Å². The van der Waals surface area contributed by atoms with E-state index < -0.39 is 0 Å². The van der Waals surface area contributed by atoms with Crippen LogP contribution in [0.3, 0.4) is 0 Å². The van der Waals surface area contributed by atoms with Crippen molar-refractivity contribution in [2.45, 2.75) is 43.9 Å². The number of piperidine rings is 1. The molecular weight excluding hydrogens is 204 g/mol. The normalized spacial score (nSPS) is 31.3. The van der Waals surface area contributed by atoms with Crippen LogP contribution in [0.15, 0.2) is 0 Å². The van der Waals surface area contributed by atoms with Gasteiger partial charge in [0.15, 0.2) is 0 Å². The van der Waals surface area contributed by atoms with Crippen LogP contribution in [0.4, 0.5) is 0 Å². The molecule has 2 N–H and O–H groups in total. The minimum absolute atomic E-state index is 0.483. The first-order chi connectivity index (χ1) is 7.88.